The fourth-order valence-electron chi connectivity index (χ4n) is 2.10. The molecule has 0 aliphatic heterocycles. The zero-order valence-electron chi connectivity index (χ0n) is 12.8. The summed E-state index contributed by atoms with van der Waals surface area (Å²) in [5.74, 6) is 0.276. The van der Waals surface area contributed by atoms with Gasteiger partial charge in [0.05, 0.1) is 12.0 Å². The first-order valence-electron chi connectivity index (χ1n) is 7.35. The molecule has 0 unspecified atom stereocenters. The van der Waals surface area contributed by atoms with Gasteiger partial charge in [-0.15, -0.1) is 0 Å². The number of phenols is 1. The molecule has 3 rings (SSSR count). The molecule has 120 valence electrons. The number of nitrogens with zero attached hydrogens (tertiary/aromatic N) is 1. The minimum absolute atomic E-state index is 0.184. The zero-order chi connectivity index (χ0) is 16.8. The van der Waals surface area contributed by atoms with Gasteiger partial charge < -0.3 is 5.11 Å². The summed E-state index contributed by atoms with van der Waals surface area (Å²) >= 11 is 1.42. The van der Waals surface area contributed by atoms with Crippen LogP contribution in [0.15, 0.2) is 70.8 Å². The Labute approximate surface area is 143 Å². The van der Waals surface area contributed by atoms with Crippen LogP contribution in [0.5, 0.6) is 5.75 Å². The third-order valence-electron chi connectivity index (χ3n) is 3.29. The van der Waals surface area contributed by atoms with Crippen molar-refractivity contribution in [2.75, 3.05) is 5.75 Å². The second-order valence-electron chi connectivity index (χ2n) is 5.08. The molecule has 0 aliphatic rings. The molecule has 5 nitrogen and oxygen atoms in total. The molecule has 0 bridgehead atoms. The Morgan fingerprint density at radius 3 is 2.75 bits per heavy atom. The Morgan fingerprint density at radius 1 is 1.12 bits per heavy atom. The summed E-state index contributed by atoms with van der Waals surface area (Å²) in [4.78, 5) is 15.1. The molecule has 1 heterocycles. The van der Waals surface area contributed by atoms with Crippen LogP contribution in [-0.2, 0) is 4.79 Å². The second kappa shape index (κ2) is 7.61. The molecule has 0 aliphatic carbocycles. The molecule has 0 atom stereocenters. The average molecular weight is 338 g/mol. The van der Waals surface area contributed by atoms with Crippen LogP contribution in [0.2, 0.25) is 0 Å². The first-order valence-corrected chi connectivity index (χ1v) is 8.34. The van der Waals surface area contributed by atoms with Gasteiger partial charge in [-0.1, -0.05) is 12.1 Å². The van der Waals surface area contributed by atoms with Crippen molar-refractivity contribution in [3.8, 4) is 5.75 Å². The van der Waals surface area contributed by atoms with Gasteiger partial charge in [0.2, 0.25) is 10.5 Å². The number of phenolic OH excluding ortho intramolecular Hbond substituents is 1. The number of H-pyrrole nitrogens is 1. The lowest BCUT2D eigenvalue weighted by molar-refractivity contribution is -0.395. The van der Waals surface area contributed by atoms with Gasteiger partial charge in [0.1, 0.15) is 5.75 Å². The van der Waals surface area contributed by atoms with E-state index in [4.69, 9.17) is 0 Å². The zero-order valence-corrected chi connectivity index (χ0v) is 13.6. The van der Waals surface area contributed by atoms with Gasteiger partial charge in [0.15, 0.2) is 0 Å². The Balaban J connectivity index is 1.52. The number of aromatic nitrogens is 1. The van der Waals surface area contributed by atoms with Gasteiger partial charge in [-0.25, -0.2) is 5.43 Å². The summed E-state index contributed by atoms with van der Waals surface area (Å²) < 4.78 is 0. The molecular formula is C18H16N3O2S+. The lowest BCUT2D eigenvalue weighted by Gasteiger charge is -1.98. The van der Waals surface area contributed by atoms with Crippen molar-refractivity contribution in [1.82, 2.24) is 5.43 Å². The lowest BCUT2D eigenvalue weighted by atomic mass is 10.2. The van der Waals surface area contributed by atoms with Gasteiger partial charge in [-0.3, -0.25) is 4.79 Å². The number of amides is 1. The van der Waals surface area contributed by atoms with E-state index in [0.29, 0.717) is 0 Å². The number of carbonyl (C=O) groups excluding carboxylic acids is 1. The molecule has 1 amide bonds. The summed E-state index contributed by atoms with van der Waals surface area (Å²) in [5, 5.41) is 15.2. The smallest absolute Gasteiger partial charge is 0.250 e. The highest BCUT2D eigenvalue weighted by atomic mass is 32.2. The Bertz CT molecular complexity index is 879. The first-order chi connectivity index (χ1) is 11.7. The minimum atomic E-state index is -0.184. The molecule has 0 fully saturated rings. The van der Waals surface area contributed by atoms with Crippen LogP contribution in [-0.4, -0.2) is 23.0 Å². The second-order valence-corrected chi connectivity index (χ2v) is 6.10. The number of aromatic amines is 1. The summed E-state index contributed by atoms with van der Waals surface area (Å²) in [7, 11) is 0. The van der Waals surface area contributed by atoms with Crippen LogP contribution >= 0.6 is 11.8 Å². The highest BCUT2D eigenvalue weighted by molar-refractivity contribution is 7.99. The van der Waals surface area contributed by atoms with Crippen LogP contribution in [0.3, 0.4) is 0 Å². The maximum atomic E-state index is 11.8. The molecule has 0 spiro atoms. The van der Waals surface area contributed by atoms with Crippen molar-refractivity contribution in [1.29, 1.82) is 0 Å². The summed E-state index contributed by atoms with van der Waals surface area (Å²) in [6, 6.07) is 18.5. The van der Waals surface area contributed by atoms with Gasteiger partial charge in [0.25, 0.3) is 5.91 Å². The van der Waals surface area contributed by atoms with Crippen LogP contribution in [0.1, 0.15) is 5.56 Å². The van der Waals surface area contributed by atoms with Gasteiger partial charge >= 0.3 is 0 Å². The predicted octanol–water partition coefficient (Wildman–Crippen LogP) is 2.60. The fraction of sp³-hybridized carbons (Fsp3) is 0.0556. The van der Waals surface area contributed by atoms with E-state index in [1.807, 2.05) is 36.4 Å². The van der Waals surface area contributed by atoms with E-state index in [9.17, 15) is 9.90 Å². The maximum absolute atomic E-state index is 11.8. The third kappa shape index (κ3) is 4.33. The summed E-state index contributed by atoms with van der Waals surface area (Å²) in [5.41, 5.74) is 4.32. The van der Waals surface area contributed by atoms with Gasteiger partial charge in [0, 0.05) is 17.5 Å². The average Bonchev–Trinajstić information content (AvgIpc) is 2.61. The molecular weight excluding hydrogens is 322 g/mol. The van der Waals surface area contributed by atoms with Crippen LogP contribution < -0.4 is 10.4 Å². The van der Waals surface area contributed by atoms with Crippen LogP contribution in [0.25, 0.3) is 10.9 Å². The van der Waals surface area contributed by atoms with Crippen molar-refractivity contribution in [2.24, 2.45) is 5.10 Å². The Hall–Kier alpha value is -2.86. The molecule has 2 aromatic carbocycles. The van der Waals surface area contributed by atoms with Crippen molar-refractivity contribution in [2.45, 2.75) is 5.03 Å². The van der Waals surface area contributed by atoms with Crippen molar-refractivity contribution < 1.29 is 14.9 Å². The fourth-order valence-corrected chi connectivity index (χ4v) is 2.79. The molecule has 3 N–H and O–H groups in total. The first kappa shape index (κ1) is 16.0. The molecule has 0 saturated heterocycles. The number of rotatable bonds is 5. The maximum Gasteiger partial charge on any atom is 0.250 e. The van der Waals surface area contributed by atoms with E-state index >= 15 is 0 Å². The van der Waals surface area contributed by atoms with E-state index in [1.54, 1.807) is 24.3 Å². The van der Waals surface area contributed by atoms with Crippen LogP contribution in [0, 0.1) is 0 Å². The Morgan fingerprint density at radius 2 is 1.92 bits per heavy atom. The molecule has 24 heavy (non-hydrogen) atoms. The van der Waals surface area contributed by atoms with E-state index in [1.165, 1.54) is 18.0 Å². The van der Waals surface area contributed by atoms with E-state index in [2.05, 4.69) is 15.5 Å². The summed E-state index contributed by atoms with van der Waals surface area (Å²) in [6.07, 6.45) is 1.53. The highest BCUT2D eigenvalue weighted by Gasteiger charge is 2.08. The molecule has 1 aromatic heterocycles. The van der Waals surface area contributed by atoms with Crippen molar-refractivity contribution >= 4 is 34.8 Å². The number of fused-ring (bicyclic) bond motifs is 1. The van der Waals surface area contributed by atoms with Crippen molar-refractivity contribution in [3.63, 3.8) is 0 Å². The van der Waals surface area contributed by atoms with Crippen LogP contribution in [0.4, 0.5) is 0 Å². The molecule has 0 saturated carbocycles. The third-order valence-corrected chi connectivity index (χ3v) is 4.24. The number of hydrogen-bond acceptors (Lipinski definition) is 4. The monoisotopic (exact) mass is 338 g/mol. The quantitative estimate of drug-likeness (QED) is 0.426. The highest BCUT2D eigenvalue weighted by Crippen LogP contribution is 2.15. The number of benzene rings is 2. The number of carbonyl (C=O) groups is 1. The normalized spacial score (nSPS) is 11.0. The van der Waals surface area contributed by atoms with E-state index in [0.717, 1.165) is 21.5 Å². The van der Waals surface area contributed by atoms with E-state index < -0.39 is 0 Å². The number of pyridine rings is 1. The summed E-state index contributed by atoms with van der Waals surface area (Å²) in [6.45, 7) is 0. The topological polar surface area (TPSA) is 75.8 Å². The number of thioether (sulfide) groups is 1. The lowest BCUT2D eigenvalue weighted by Crippen LogP contribution is -2.20. The van der Waals surface area contributed by atoms with E-state index in [-0.39, 0.29) is 17.4 Å². The molecule has 3 aromatic rings. The number of aromatic hydroxyl groups is 1. The number of hydrogen-bond donors (Lipinski definition) is 2. The van der Waals surface area contributed by atoms with Crippen molar-refractivity contribution in [3.05, 3.63) is 66.2 Å². The standard InChI is InChI=1S/C18H15N3O2S/c22-15-8-5-13(6-9-15)11-19-21-17(23)12-24-18-10-7-14-3-1-2-4-16(14)20-18/h1-11,22H,12H2,(H,21,23)/p+1. The largest absolute Gasteiger partial charge is 0.508 e. The SMILES string of the molecule is O=C(CSc1ccc2ccccc2[nH+]1)NN=Cc1ccc(O)cc1. The molecule has 0 radical (unpaired) electrons. The molecule has 6 heteroatoms. The Kier molecular flexibility index (Phi) is 5.08. The minimum Gasteiger partial charge on any atom is -0.508 e. The predicted molar refractivity (Wildman–Crippen MR) is 95.1 cm³/mol. The van der Waals surface area contributed by atoms with Gasteiger partial charge in [-0.05, 0) is 53.7 Å². The van der Waals surface area contributed by atoms with Gasteiger partial charge in [-0.2, -0.15) is 10.1 Å². The number of nitrogens with one attached hydrogen (secondary N) is 2. The number of hydrazone groups is 1. The number of para-hydroxylation sites is 1.